The summed E-state index contributed by atoms with van der Waals surface area (Å²) in [7, 11) is -2.20. The molecule has 7 nitrogen and oxygen atoms in total. The molecule has 2 amide bonds. The maximum absolute atomic E-state index is 13.2. The first-order valence-electron chi connectivity index (χ1n) is 9.23. The topological polar surface area (TPSA) is 86.8 Å². The fraction of sp³-hybridized carbons (Fsp3) is 0.333. The molecule has 8 heteroatoms. The first-order valence-corrected chi connectivity index (χ1v) is 11.1. The van der Waals surface area contributed by atoms with Crippen molar-refractivity contribution in [2.75, 3.05) is 24.2 Å². The van der Waals surface area contributed by atoms with Crippen molar-refractivity contribution in [3.05, 3.63) is 65.7 Å². The number of anilines is 1. The van der Waals surface area contributed by atoms with Gasteiger partial charge in [-0.05, 0) is 37.1 Å². The van der Waals surface area contributed by atoms with E-state index in [1.165, 1.54) is 11.9 Å². The molecule has 1 N–H and O–H groups in total. The van der Waals surface area contributed by atoms with Crippen LogP contribution in [-0.2, 0) is 26.2 Å². The van der Waals surface area contributed by atoms with E-state index in [-0.39, 0.29) is 12.5 Å². The third kappa shape index (κ3) is 6.05. The summed E-state index contributed by atoms with van der Waals surface area (Å²) in [5, 5.41) is 2.54. The molecule has 0 aromatic heterocycles. The van der Waals surface area contributed by atoms with Crippen molar-refractivity contribution >= 4 is 27.5 Å². The lowest BCUT2D eigenvalue weighted by Gasteiger charge is -2.31. The number of benzene rings is 2. The molecule has 2 aromatic carbocycles. The van der Waals surface area contributed by atoms with Crippen LogP contribution in [0.2, 0.25) is 0 Å². The van der Waals surface area contributed by atoms with Crippen LogP contribution in [-0.4, -0.2) is 51.0 Å². The number of hydrogen-bond donors (Lipinski definition) is 1. The minimum atomic E-state index is -3.70. The number of hydrogen-bond acceptors (Lipinski definition) is 4. The summed E-state index contributed by atoms with van der Waals surface area (Å²) in [6.07, 6.45) is 1.06. The summed E-state index contributed by atoms with van der Waals surface area (Å²) >= 11 is 0. The molecule has 156 valence electrons. The van der Waals surface area contributed by atoms with Gasteiger partial charge in [-0.2, -0.15) is 0 Å². The van der Waals surface area contributed by atoms with E-state index < -0.39 is 28.5 Å². The Morgan fingerprint density at radius 1 is 1.07 bits per heavy atom. The third-order valence-corrected chi connectivity index (χ3v) is 5.72. The van der Waals surface area contributed by atoms with Gasteiger partial charge in [-0.3, -0.25) is 13.9 Å². The highest BCUT2D eigenvalue weighted by Crippen LogP contribution is 2.20. The number of carbonyl (C=O) groups is 2. The van der Waals surface area contributed by atoms with Gasteiger partial charge >= 0.3 is 0 Å². The first kappa shape index (κ1) is 22.4. The minimum absolute atomic E-state index is 0.194. The summed E-state index contributed by atoms with van der Waals surface area (Å²) in [6, 6.07) is 15.4. The molecule has 0 saturated carbocycles. The molecule has 0 saturated heterocycles. The smallest absolute Gasteiger partial charge is 0.244 e. The Kier molecular flexibility index (Phi) is 7.39. The molecule has 0 radical (unpaired) electrons. The van der Waals surface area contributed by atoms with E-state index in [1.807, 2.05) is 43.3 Å². The summed E-state index contributed by atoms with van der Waals surface area (Å²) in [5.41, 5.74) is 2.13. The quantitative estimate of drug-likeness (QED) is 0.711. The Labute approximate surface area is 172 Å². The largest absolute Gasteiger partial charge is 0.357 e. The van der Waals surface area contributed by atoms with Crippen LogP contribution >= 0.6 is 0 Å². The number of likely N-dealkylation sites (N-methyl/N-ethyl adjacent to an activating group) is 1. The molecular weight excluding hydrogens is 390 g/mol. The standard InChI is InChI=1S/C21H27N3O4S/c1-16-9-8-12-19(13-16)24(29(4,27)28)15-20(25)23(17(2)21(26)22-3)14-18-10-6-5-7-11-18/h5-13,17H,14-15H2,1-4H3,(H,22,26)/t17-/m1/s1. The molecule has 2 rings (SSSR count). The molecule has 0 unspecified atom stereocenters. The van der Waals surface area contributed by atoms with E-state index in [9.17, 15) is 18.0 Å². The summed E-state index contributed by atoms with van der Waals surface area (Å²) in [4.78, 5) is 26.8. The highest BCUT2D eigenvalue weighted by atomic mass is 32.2. The number of rotatable bonds is 8. The van der Waals surface area contributed by atoms with E-state index in [4.69, 9.17) is 0 Å². The third-order valence-electron chi connectivity index (χ3n) is 4.58. The zero-order valence-corrected chi connectivity index (χ0v) is 17.9. The number of nitrogens with one attached hydrogen (secondary N) is 1. The Hall–Kier alpha value is -2.87. The lowest BCUT2D eigenvalue weighted by molar-refractivity contribution is -0.139. The monoisotopic (exact) mass is 417 g/mol. The Morgan fingerprint density at radius 2 is 1.72 bits per heavy atom. The number of aryl methyl sites for hydroxylation is 1. The van der Waals surface area contributed by atoms with Gasteiger partial charge in [0.15, 0.2) is 0 Å². The fourth-order valence-corrected chi connectivity index (χ4v) is 3.81. The summed E-state index contributed by atoms with van der Waals surface area (Å²) < 4.78 is 25.9. The number of carbonyl (C=O) groups excluding carboxylic acids is 2. The van der Waals surface area contributed by atoms with Gasteiger partial charge in [-0.25, -0.2) is 8.42 Å². The van der Waals surface area contributed by atoms with Crippen LogP contribution in [0, 0.1) is 6.92 Å². The molecule has 0 aliphatic heterocycles. The van der Waals surface area contributed by atoms with E-state index in [0.717, 1.165) is 21.7 Å². The molecule has 29 heavy (non-hydrogen) atoms. The van der Waals surface area contributed by atoms with E-state index in [2.05, 4.69) is 5.32 Å². The Morgan fingerprint density at radius 3 is 2.28 bits per heavy atom. The van der Waals surface area contributed by atoms with Crippen molar-refractivity contribution in [2.24, 2.45) is 0 Å². The molecule has 1 atom stereocenters. The lowest BCUT2D eigenvalue weighted by atomic mass is 10.1. The zero-order valence-electron chi connectivity index (χ0n) is 17.1. The maximum Gasteiger partial charge on any atom is 0.244 e. The second kappa shape index (κ2) is 9.56. The van der Waals surface area contributed by atoms with Crippen molar-refractivity contribution in [1.29, 1.82) is 0 Å². The van der Waals surface area contributed by atoms with Crippen molar-refractivity contribution in [3.8, 4) is 0 Å². The average molecular weight is 418 g/mol. The molecule has 0 aliphatic carbocycles. The number of nitrogens with zero attached hydrogens (tertiary/aromatic N) is 2. The molecule has 0 aliphatic rings. The van der Waals surface area contributed by atoms with Crippen molar-refractivity contribution in [1.82, 2.24) is 10.2 Å². The van der Waals surface area contributed by atoms with Gasteiger partial charge in [0.05, 0.1) is 11.9 Å². The lowest BCUT2D eigenvalue weighted by Crippen LogP contribution is -2.50. The summed E-state index contributed by atoms with van der Waals surface area (Å²) in [5.74, 6) is -0.785. The van der Waals surface area contributed by atoms with E-state index in [1.54, 1.807) is 25.1 Å². The van der Waals surface area contributed by atoms with Gasteiger partial charge in [-0.15, -0.1) is 0 Å². The molecule has 2 aromatic rings. The summed E-state index contributed by atoms with van der Waals surface area (Å²) in [6.45, 7) is 3.27. The molecule has 0 heterocycles. The normalized spacial score (nSPS) is 12.1. The van der Waals surface area contributed by atoms with Crippen molar-refractivity contribution in [2.45, 2.75) is 26.4 Å². The molecule has 0 bridgehead atoms. The van der Waals surface area contributed by atoms with Crippen molar-refractivity contribution < 1.29 is 18.0 Å². The second-order valence-corrected chi connectivity index (χ2v) is 8.81. The first-order chi connectivity index (χ1) is 13.6. The van der Waals surface area contributed by atoms with Gasteiger partial charge < -0.3 is 10.2 Å². The number of amides is 2. The van der Waals surface area contributed by atoms with Crippen LogP contribution in [0.25, 0.3) is 0 Å². The minimum Gasteiger partial charge on any atom is -0.357 e. The van der Waals surface area contributed by atoms with Gasteiger partial charge in [0.2, 0.25) is 21.8 Å². The van der Waals surface area contributed by atoms with Gasteiger partial charge in [0.25, 0.3) is 0 Å². The predicted octanol–water partition coefficient (Wildman–Crippen LogP) is 1.92. The average Bonchev–Trinajstić information content (AvgIpc) is 2.68. The SMILES string of the molecule is CNC(=O)[C@@H](C)N(Cc1ccccc1)C(=O)CN(c1cccc(C)c1)S(C)(=O)=O. The van der Waals surface area contributed by atoms with Crippen LogP contribution in [0.15, 0.2) is 54.6 Å². The maximum atomic E-state index is 13.2. The highest BCUT2D eigenvalue weighted by Gasteiger charge is 2.29. The fourth-order valence-electron chi connectivity index (χ4n) is 2.97. The Balaban J connectivity index is 2.36. The van der Waals surface area contributed by atoms with Crippen LogP contribution in [0.1, 0.15) is 18.1 Å². The number of sulfonamides is 1. The van der Waals surface area contributed by atoms with Crippen LogP contribution < -0.4 is 9.62 Å². The highest BCUT2D eigenvalue weighted by molar-refractivity contribution is 7.92. The van der Waals surface area contributed by atoms with Gasteiger partial charge in [-0.1, -0.05) is 42.5 Å². The molecule has 0 fully saturated rings. The Bertz CT molecular complexity index is 961. The predicted molar refractivity (Wildman–Crippen MR) is 114 cm³/mol. The zero-order chi connectivity index (χ0) is 21.6. The molecular formula is C21H27N3O4S. The van der Waals surface area contributed by atoms with Crippen LogP contribution in [0.5, 0.6) is 0 Å². The van der Waals surface area contributed by atoms with Crippen LogP contribution in [0.3, 0.4) is 0 Å². The second-order valence-electron chi connectivity index (χ2n) is 6.91. The van der Waals surface area contributed by atoms with Gasteiger partial charge in [0.1, 0.15) is 12.6 Å². The van der Waals surface area contributed by atoms with E-state index in [0.29, 0.717) is 5.69 Å². The van der Waals surface area contributed by atoms with E-state index >= 15 is 0 Å². The van der Waals surface area contributed by atoms with Crippen molar-refractivity contribution in [3.63, 3.8) is 0 Å². The van der Waals surface area contributed by atoms with Gasteiger partial charge in [0, 0.05) is 13.6 Å². The molecule has 0 spiro atoms. The van der Waals surface area contributed by atoms with Crippen LogP contribution in [0.4, 0.5) is 5.69 Å².